The van der Waals surface area contributed by atoms with E-state index in [4.69, 9.17) is 4.74 Å². The number of aromatic nitrogens is 2. The van der Waals surface area contributed by atoms with E-state index in [9.17, 15) is 0 Å². The second-order valence-electron chi connectivity index (χ2n) is 4.10. The third kappa shape index (κ3) is 3.44. The Labute approximate surface area is 113 Å². The van der Waals surface area contributed by atoms with E-state index in [0.29, 0.717) is 13.2 Å². The van der Waals surface area contributed by atoms with E-state index in [-0.39, 0.29) is 0 Å². The number of rotatable bonds is 6. The van der Waals surface area contributed by atoms with Gasteiger partial charge in [0, 0.05) is 12.4 Å². The number of ether oxygens (including phenoxy) is 1. The number of hydrogen-bond acceptors (Lipinski definition) is 4. The van der Waals surface area contributed by atoms with Gasteiger partial charge in [0.25, 0.3) is 0 Å². The van der Waals surface area contributed by atoms with Gasteiger partial charge in [0.15, 0.2) is 11.6 Å². The quantitative estimate of drug-likeness (QED) is 0.864. The van der Waals surface area contributed by atoms with Crippen LogP contribution in [0.2, 0.25) is 0 Å². The lowest BCUT2D eigenvalue weighted by atomic mass is 10.1. The maximum atomic E-state index is 5.54. The topological polar surface area (TPSA) is 47.0 Å². The Kier molecular flexibility index (Phi) is 4.72. The first-order valence-electron chi connectivity index (χ1n) is 6.59. The van der Waals surface area contributed by atoms with Gasteiger partial charge in [-0.3, -0.25) is 4.98 Å². The molecule has 2 rings (SSSR count). The zero-order valence-corrected chi connectivity index (χ0v) is 11.4. The van der Waals surface area contributed by atoms with Crippen LogP contribution >= 0.6 is 0 Å². The highest BCUT2D eigenvalue weighted by atomic mass is 16.5. The van der Waals surface area contributed by atoms with Crippen LogP contribution in [0.15, 0.2) is 36.7 Å². The summed E-state index contributed by atoms with van der Waals surface area (Å²) in [6, 6.07) is 7.85. The zero-order valence-electron chi connectivity index (χ0n) is 11.4. The van der Waals surface area contributed by atoms with Gasteiger partial charge in [-0.15, -0.1) is 0 Å². The van der Waals surface area contributed by atoms with E-state index in [1.165, 1.54) is 5.56 Å². The second-order valence-corrected chi connectivity index (χ2v) is 4.10. The molecule has 0 atom stereocenters. The maximum Gasteiger partial charge on any atom is 0.169 e. The van der Waals surface area contributed by atoms with Gasteiger partial charge in [-0.2, -0.15) is 0 Å². The van der Waals surface area contributed by atoms with Gasteiger partial charge in [0.2, 0.25) is 0 Å². The Morgan fingerprint density at radius 1 is 1.11 bits per heavy atom. The van der Waals surface area contributed by atoms with Crippen LogP contribution in [0.4, 0.5) is 5.82 Å². The summed E-state index contributed by atoms with van der Waals surface area (Å²) >= 11 is 0. The molecule has 0 amide bonds. The first-order valence-corrected chi connectivity index (χ1v) is 6.59. The molecule has 4 nitrogen and oxygen atoms in total. The van der Waals surface area contributed by atoms with Crippen LogP contribution in [0.5, 0.6) is 5.75 Å². The molecule has 1 N–H and O–H groups in total. The van der Waals surface area contributed by atoms with Crippen molar-refractivity contribution < 1.29 is 4.74 Å². The molecule has 0 aliphatic carbocycles. The van der Waals surface area contributed by atoms with Crippen molar-refractivity contribution in [2.24, 2.45) is 0 Å². The van der Waals surface area contributed by atoms with E-state index in [1.807, 2.05) is 31.3 Å². The molecule has 0 saturated carbocycles. The molecular formula is C15H19N3O. The van der Waals surface area contributed by atoms with E-state index in [1.54, 1.807) is 6.20 Å². The van der Waals surface area contributed by atoms with Crippen LogP contribution < -0.4 is 10.1 Å². The van der Waals surface area contributed by atoms with E-state index in [0.717, 1.165) is 23.7 Å². The first kappa shape index (κ1) is 13.3. The fourth-order valence-electron chi connectivity index (χ4n) is 1.92. The Morgan fingerprint density at radius 2 is 1.89 bits per heavy atom. The molecule has 0 aromatic carbocycles. The fraction of sp³-hybridized carbons (Fsp3) is 0.333. The van der Waals surface area contributed by atoms with Gasteiger partial charge >= 0.3 is 0 Å². The summed E-state index contributed by atoms with van der Waals surface area (Å²) in [6.07, 6.45) is 4.55. The molecule has 2 aromatic heterocycles. The molecule has 19 heavy (non-hydrogen) atoms. The van der Waals surface area contributed by atoms with Crippen molar-refractivity contribution >= 4 is 5.82 Å². The number of nitrogens with zero attached hydrogens (tertiary/aromatic N) is 2. The monoisotopic (exact) mass is 257 g/mol. The minimum absolute atomic E-state index is 0.629. The average Bonchev–Trinajstić information content (AvgIpc) is 2.47. The lowest BCUT2D eigenvalue weighted by Crippen LogP contribution is -2.07. The van der Waals surface area contributed by atoms with Gasteiger partial charge in [0.05, 0.1) is 18.8 Å². The van der Waals surface area contributed by atoms with Gasteiger partial charge < -0.3 is 10.1 Å². The molecule has 0 aliphatic heterocycles. The van der Waals surface area contributed by atoms with Crippen LogP contribution in [0, 0.1) is 0 Å². The molecule has 4 heteroatoms. The standard InChI is InChI=1S/C15H19N3O/c1-3-12-7-5-9-16-13(12)11-18-15-14(19-4-2)8-6-10-17-15/h5-10H,3-4,11H2,1-2H3,(H,17,18). The molecule has 0 fully saturated rings. The number of aryl methyl sites for hydroxylation is 1. The van der Waals surface area contributed by atoms with Gasteiger partial charge in [0.1, 0.15) is 0 Å². The third-order valence-corrected chi connectivity index (χ3v) is 2.86. The minimum atomic E-state index is 0.629. The van der Waals surface area contributed by atoms with E-state index in [2.05, 4.69) is 28.3 Å². The number of nitrogens with one attached hydrogen (secondary N) is 1. The van der Waals surface area contributed by atoms with Crippen LogP contribution in [0.1, 0.15) is 25.1 Å². The molecule has 0 spiro atoms. The van der Waals surface area contributed by atoms with Crippen LogP contribution in [0.3, 0.4) is 0 Å². The molecule has 0 unspecified atom stereocenters. The summed E-state index contributed by atoms with van der Waals surface area (Å²) < 4.78 is 5.54. The number of pyridine rings is 2. The van der Waals surface area contributed by atoms with E-state index >= 15 is 0 Å². The molecule has 0 aliphatic rings. The lowest BCUT2D eigenvalue weighted by Gasteiger charge is -2.12. The van der Waals surface area contributed by atoms with Crippen molar-refractivity contribution in [2.75, 3.05) is 11.9 Å². The van der Waals surface area contributed by atoms with Gasteiger partial charge in [-0.05, 0) is 37.1 Å². The summed E-state index contributed by atoms with van der Waals surface area (Å²) in [6.45, 7) is 5.38. The van der Waals surface area contributed by atoms with Crippen LogP contribution in [0.25, 0.3) is 0 Å². The smallest absolute Gasteiger partial charge is 0.169 e. The van der Waals surface area contributed by atoms with Crippen molar-refractivity contribution in [3.8, 4) is 5.75 Å². The Morgan fingerprint density at radius 3 is 2.68 bits per heavy atom. The number of hydrogen-bond donors (Lipinski definition) is 1. The zero-order chi connectivity index (χ0) is 13.5. The highest BCUT2D eigenvalue weighted by Crippen LogP contribution is 2.21. The largest absolute Gasteiger partial charge is 0.490 e. The van der Waals surface area contributed by atoms with Crippen LogP contribution in [-0.2, 0) is 13.0 Å². The predicted octanol–water partition coefficient (Wildman–Crippen LogP) is 3.05. The molecule has 0 saturated heterocycles. The highest BCUT2D eigenvalue weighted by molar-refractivity contribution is 5.49. The summed E-state index contributed by atoms with van der Waals surface area (Å²) in [5.74, 6) is 1.54. The molecule has 2 heterocycles. The normalized spacial score (nSPS) is 10.2. The summed E-state index contributed by atoms with van der Waals surface area (Å²) in [5.41, 5.74) is 2.31. The second kappa shape index (κ2) is 6.73. The lowest BCUT2D eigenvalue weighted by molar-refractivity contribution is 0.340. The first-order chi connectivity index (χ1) is 9.35. The molecular weight excluding hydrogens is 238 g/mol. The predicted molar refractivity (Wildman–Crippen MR) is 76.3 cm³/mol. The van der Waals surface area contributed by atoms with Crippen molar-refractivity contribution in [3.63, 3.8) is 0 Å². The van der Waals surface area contributed by atoms with Gasteiger partial charge in [-0.1, -0.05) is 13.0 Å². The SMILES string of the molecule is CCOc1cccnc1NCc1ncccc1CC. The third-order valence-electron chi connectivity index (χ3n) is 2.86. The van der Waals surface area contributed by atoms with Crippen molar-refractivity contribution in [1.82, 2.24) is 9.97 Å². The highest BCUT2D eigenvalue weighted by Gasteiger charge is 2.06. The molecule has 0 bridgehead atoms. The van der Waals surface area contributed by atoms with Gasteiger partial charge in [-0.25, -0.2) is 4.98 Å². The van der Waals surface area contributed by atoms with Crippen LogP contribution in [-0.4, -0.2) is 16.6 Å². The molecule has 0 radical (unpaired) electrons. The molecule has 2 aromatic rings. The summed E-state index contributed by atoms with van der Waals surface area (Å²) in [7, 11) is 0. The maximum absolute atomic E-state index is 5.54. The summed E-state index contributed by atoms with van der Waals surface area (Å²) in [4.78, 5) is 8.71. The van der Waals surface area contributed by atoms with Crippen molar-refractivity contribution in [1.29, 1.82) is 0 Å². The summed E-state index contributed by atoms with van der Waals surface area (Å²) in [5, 5.41) is 3.29. The van der Waals surface area contributed by atoms with E-state index < -0.39 is 0 Å². The van der Waals surface area contributed by atoms with Crippen molar-refractivity contribution in [3.05, 3.63) is 47.9 Å². The number of anilines is 1. The Bertz CT molecular complexity index is 528. The van der Waals surface area contributed by atoms with Crippen molar-refractivity contribution in [2.45, 2.75) is 26.8 Å². The minimum Gasteiger partial charge on any atom is -0.490 e. The molecule has 100 valence electrons. The average molecular weight is 257 g/mol. The fourth-order valence-corrected chi connectivity index (χ4v) is 1.92. The Balaban J connectivity index is 2.10. The Hall–Kier alpha value is -2.10.